The quantitative estimate of drug-likeness (QED) is 0.513. The molecule has 0 amide bonds. The lowest BCUT2D eigenvalue weighted by Crippen LogP contribution is -2.17. The normalized spacial score (nSPS) is 11.6. The van der Waals surface area contributed by atoms with Gasteiger partial charge in [0, 0.05) is 25.0 Å². The van der Waals surface area contributed by atoms with Gasteiger partial charge in [0.2, 0.25) is 0 Å². The molecule has 0 bridgehead atoms. The molecule has 0 spiro atoms. The maximum Gasteiger partial charge on any atom is 0.159 e. The molecule has 4 rings (SSSR count). The van der Waals surface area contributed by atoms with Crippen LogP contribution in [0.1, 0.15) is 19.5 Å². The van der Waals surface area contributed by atoms with Crippen molar-refractivity contribution in [3.8, 4) is 22.8 Å². The maximum atomic E-state index is 13.3. The largest absolute Gasteiger partial charge is 0.384 e. The van der Waals surface area contributed by atoms with Gasteiger partial charge in [-0.05, 0) is 62.0 Å². The highest BCUT2D eigenvalue weighted by atomic mass is 32.2. The van der Waals surface area contributed by atoms with Crippen LogP contribution >= 0.6 is 11.8 Å². The number of rotatable bonds is 5. The van der Waals surface area contributed by atoms with Crippen LogP contribution in [-0.4, -0.2) is 29.6 Å². The van der Waals surface area contributed by atoms with Gasteiger partial charge in [-0.1, -0.05) is 6.07 Å². The van der Waals surface area contributed by atoms with Gasteiger partial charge in [-0.15, -0.1) is 0 Å². The molecule has 0 radical (unpaired) electrons. The van der Waals surface area contributed by atoms with Crippen molar-refractivity contribution in [3.63, 3.8) is 0 Å². The standard InChI is InChI=1S/C22H20FN5OS/c1-22(2,29)17-9-7-14(12-25-17)19-21(30-18-10-8-15(23)13-26-18)28(3)20(27-19)16-6-4-5-11-24-16/h4-13,29H,1-3H3. The van der Waals surface area contributed by atoms with Crippen LogP contribution in [0.15, 0.2) is 71.1 Å². The van der Waals surface area contributed by atoms with Gasteiger partial charge in [0.15, 0.2) is 5.82 Å². The third-order valence-corrected chi connectivity index (χ3v) is 5.61. The van der Waals surface area contributed by atoms with Crippen LogP contribution in [0.4, 0.5) is 4.39 Å². The molecule has 0 aliphatic heterocycles. The predicted octanol–water partition coefficient (Wildman–Crippen LogP) is 4.46. The summed E-state index contributed by atoms with van der Waals surface area (Å²) in [5, 5.41) is 11.7. The minimum atomic E-state index is -1.03. The molecule has 30 heavy (non-hydrogen) atoms. The molecule has 4 aromatic rings. The van der Waals surface area contributed by atoms with Crippen molar-refractivity contribution in [2.45, 2.75) is 29.5 Å². The van der Waals surface area contributed by atoms with Gasteiger partial charge in [-0.3, -0.25) is 9.97 Å². The van der Waals surface area contributed by atoms with E-state index >= 15 is 0 Å². The smallest absolute Gasteiger partial charge is 0.159 e. The summed E-state index contributed by atoms with van der Waals surface area (Å²) in [5.41, 5.74) is 1.79. The summed E-state index contributed by atoms with van der Waals surface area (Å²) in [6.45, 7) is 3.38. The molecule has 4 heterocycles. The maximum absolute atomic E-state index is 13.3. The Labute approximate surface area is 177 Å². The lowest BCUT2D eigenvalue weighted by Gasteiger charge is -2.16. The second-order valence-electron chi connectivity index (χ2n) is 7.27. The second-order valence-corrected chi connectivity index (χ2v) is 8.28. The highest BCUT2D eigenvalue weighted by Gasteiger charge is 2.22. The fourth-order valence-corrected chi connectivity index (χ4v) is 3.85. The van der Waals surface area contributed by atoms with Crippen LogP contribution in [-0.2, 0) is 12.6 Å². The molecule has 0 fully saturated rings. The van der Waals surface area contributed by atoms with Crippen LogP contribution in [0.3, 0.4) is 0 Å². The number of aliphatic hydroxyl groups is 1. The summed E-state index contributed by atoms with van der Waals surface area (Å²) >= 11 is 1.39. The molecule has 0 aromatic carbocycles. The van der Waals surface area contributed by atoms with E-state index in [0.29, 0.717) is 22.2 Å². The average molecular weight is 422 g/mol. The number of aromatic nitrogens is 5. The van der Waals surface area contributed by atoms with Gasteiger partial charge in [-0.25, -0.2) is 14.4 Å². The number of pyridine rings is 3. The van der Waals surface area contributed by atoms with Crippen LogP contribution in [0.5, 0.6) is 0 Å². The Morgan fingerprint density at radius 3 is 2.43 bits per heavy atom. The first-order chi connectivity index (χ1) is 14.3. The zero-order chi connectivity index (χ0) is 21.3. The van der Waals surface area contributed by atoms with E-state index in [1.165, 1.54) is 24.0 Å². The summed E-state index contributed by atoms with van der Waals surface area (Å²) in [7, 11) is 1.91. The molecule has 6 nitrogen and oxygen atoms in total. The molecular formula is C22H20FN5OS. The van der Waals surface area contributed by atoms with Crippen LogP contribution in [0.2, 0.25) is 0 Å². The topological polar surface area (TPSA) is 76.7 Å². The minimum absolute atomic E-state index is 0.384. The van der Waals surface area contributed by atoms with E-state index in [-0.39, 0.29) is 5.82 Å². The Balaban J connectivity index is 1.82. The number of nitrogens with zero attached hydrogens (tertiary/aromatic N) is 5. The summed E-state index contributed by atoms with van der Waals surface area (Å²) in [6, 6.07) is 12.3. The van der Waals surface area contributed by atoms with Crippen LogP contribution < -0.4 is 0 Å². The Morgan fingerprint density at radius 1 is 1.00 bits per heavy atom. The van der Waals surface area contributed by atoms with Crippen molar-refractivity contribution in [1.82, 2.24) is 24.5 Å². The Kier molecular flexibility index (Phi) is 5.36. The molecule has 0 atom stereocenters. The van der Waals surface area contributed by atoms with Crippen molar-refractivity contribution < 1.29 is 9.50 Å². The van der Waals surface area contributed by atoms with E-state index in [1.807, 2.05) is 35.9 Å². The third-order valence-electron chi connectivity index (χ3n) is 4.50. The Hall–Kier alpha value is -3.10. The van der Waals surface area contributed by atoms with E-state index in [1.54, 1.807) is 38.4 Å². The van der Waals surface area contributed by atoms with E-state index in [0.717, 1.165) is 16.3 Å². The summed E-state index contributed by atoms with van der Waals surface area (Å²) in [5.74, 6) is 0.312. The van der Waals surface area contributed by atoms with Gasteiger partial charge in [0.1, 0.15) is 32.9 Å². The first-order valence-electron chi connectivity index (χ1n) is 9.30. The molecule has 0 saturated carbocycles. The fraction of sp³-hybridized carbons (Fsp3) is 0.182. The number of halogens is 1. The molecule has 1 N–H and O–H groups in total. The van der Waals surface area contributed by atoms with E-state index in [4.69, 9.17) is 4.98 Å². The van der Waals surface area contributed by atoms with Gasteiger partial charge in [0.25, 0.3) is 0 Å². The zero-order valence-electron chi connectivity index (χ0n) is 16.7. The molecule has 152 valence electrons. The highest BCUT2D eigenvalue weighted by Crippen LogP contribution is 2.37. The van der Waals surface area contributed by atoms with Crippen molar-refractivity contribution in [2.75, 3.05) is 0 Å². The van der Waals surface area contributed by atoms with Gasteiger partial charge in [-0.2, -0.15) is 0 Å². The molecule has 0 aliphatic rings. The molecular weight excluding hydrogens is 401 g/mol. The van der Waals surface area contributed by atoms with E-state index in [9.17, 15) is 9.50 Å². The van der Waals surface area contributed by atoms with Crippen molar-refractivity contribution in [2.24, 2.45) is 7.05 Å². The second kappa shape index (κ2) is 7.97. The molecule has 0 unspecified atom stereocenters. The zero-order valence-corrected chi connectivity index (χ0v) is 17.6. The average Bonchev–Trinajstić information content (AvgIpc) is 3.06. The molecule has 8 heteroatoms. The SMILES string of the molecule is Cn1c(-c2ccccn2)nc(-c2ccc(C(C)(C)O)nc2)c1Sc1ccc(F)cn1. The van der Waals surface area contributed by atoms with Crippen molar-refractivity contribution >= 4 is 11.8 Å². The van der Waals surface area contributed by atoms with Gasteiger partial charge >= 0.3 is 0 Å². The molecule has 0 saturated heterocycles. The number of hydrogen-bond acceptors (Lipinski definition) is 6. The Bertz CT molecular complexity index is 1150. The van der Waals surface area contributed by atoms with Gasteiger partial charge in [0.05, 0.1) is 11.9 Å². The monoisotopic (exact) mass is 421 g/mol. The highest BCUT2D eigenvalue weighted by molar-refractivity contribution is 7.99. The number of hydrogen-bond donors (Lipinski definition) is 1. The van der Waals surface area contributed by atoms with Crippen LogP contribution in [0.25, 0.3) is 22.8 Å². The Morgan fingerprint density at radius 2 is 1.83 bits per heavy atom. The van der Waals surface area contributed by atoms with Crippen LogP contribution in [0, 0.1) is 5.82 Å². The van der Waals surface area contributed by atoms with E-state index in [2.05, 4.69) is 15.0 Å². The third kappa shape index (κ3) is 4.10. The molecule has 0 aliphatic carbocycles. The summed E-state index contributed by atoms with van der Waals surface area (Å²) < 4.78 is 15.2. The predicted molar refractivity (Wildman–Crippen MR) is 113 cm³/mol. The minimum Gasteiger partial charge on any atom is -0.384 e. The van der Waals surface area contributed by atoms with Crippen molar-refractivity contribution in [3.05, 3.63) is 72.6 Å². The lowest BCUT2D eigenvalue weighted by atomic mass is 10.0. The first-order valence-corrected chi connectivity index (χ1v) is 10.1. The van der Waals surface area contributed by atoms with E-state index < -0.39 is 5.60 Å². The first kappa shape index (κ1) is 20.2. The fourth-order valence-electron chi connectivity index (χ4n) is 2.93. The molecule has 4 aromatic heterocycles. The summed E-state index contributed by atoms with van der Waals surface area (Å²) in [6.07, 6.45) is 4.61. The summed E-state index contributed by atoms with van der Waals surface area (Å²) in [4.78, 5) is 17.8. The lowest BCUT2D eigenvalue weighted by molar-refractivity contribution is 0.0739. The van der Waals surface area contributed by atoms with Crippen molar-refractivity contribution in [1.29, 1.82) is 0 Å². The number of imidazole rings is 1. The van der Waals surface area contributed by atoms with Gasteiger partial charge < -0.3 is 9.67 Å².